The van der Waals surface area contributed by atoms with E-state index in [4.69, 9.17) is 11.6 Å². The maximum atomic E-state index is 6.34. The van der Waals surface area contributed by atoms with E-state index in [0.717, 1.165) is 24.0 Å². The monoisotopic (exact) mass is 252 g/mol. The molecule has 0 spiro atoms. The number of hydrogen-bond donors (Lipinski definition) is 1. The fourth-order valence-electron chi connectivity index (χ4n) is 2.47. The van der Waals surface area contributed by atoms with Crippen molar-refractivity contribution in [2.45, 2.75) is 25.8 Å². The minimum Gasteiger partial charge on any atom is -0.373 e. The van der Waals surface area contributed by atoms with Gasteiger partial charge >= 0.3 is 0 Å². The topological polar surface area (TPSA) is 15.3 Å². The first-order valence-electron chi connectivity index (χ1n) is 6.35. The van der Waals surface area contributed by atoms with Crippen LogP contribution in [-0.2, 0) is 6.54 Å². The molecule has 1 N–H and O–H groups in total. The summed E-state index contributed by atoms with van der Waals surface area (Å²) in [5.41, 5.74) is 2.47. The first-order valence-corrected chi connectivity index (χ1v) is 6.73. The van der Waals surface area contributed by atoms with Gasteiger partial charge in [-0.15, -0.1) is 0 Å². The highest BCUT2D eigenvalue weighted by Crippen LogP contribution is 2.33. The van der Waals surface area contributed by atoms with Crippen LogP contribution in [0, 0.1) is 5.92 Å². The van der Waals surface area contributed by atoms with E-state index in [1.807, 2.05) is 19.2 Å². The van der Waals surface area contributed by atoms with E-state index in [9.17, 15) is 0 Å². The van der Waals surface area contributed by atoms with E-state index in [0.29, 0.717) is 0 Å². The van der Waals surface area contributed by atoms with Crippen LogP contribution in [0.4, 0.5) is 5.69 Å². The van der Waals surface area contributed by atoms with Crippen molar-refractivity contribution >= 4 is 17.3 Å². The van der Waals surface area contributed by atoms with E-state index in [2.05, 4.69) is 23.3 Å². The van der Waals surface area contributed by atoms with Crippen molar-refractivity contribution in [1.82, 2.24) is 5.32 Å². The largest absolute Gasteiger partial charge is 0.373 e. The Morgan fingerprint density at radius 2 is 2.18 bits per heavy atom. The van der Waals surface area contributed by atoms with E-state index in [1.54, 1.807) is 0 Å². The van der Waals surface area contributed by atoms with Crippen molar-refractivity contribution in [3.63, 3.8) is 0 Å². The number of nitrogens with one attached hydrogen (secondary N) is 1. The maximum Gasteiger partial charge on any atom is 0.0642 e. The number of nitrogens with zero attached hydrogens (tertiary/aromatic N) is 1. The zero-order chi connectivity index (χ0) is 12.3. The molecule has 1 aliphatic carbocycles. The zero-order valence-electron chi connectivity index (χ0n) is 10.7. The van der Waals surface area contributed by atoms with Crippen LogP contribution in [0.1, 0.15) is 24.8 Å². The molecule has 94 valence electrons. The van der Waals surface area contributed by atoms with Crippen LogP contribution in [0.3, 0.4) is 0 Å². The van der Waals surface area contributed by atoms with Crippen LogP contribution in [-0.4, -0.2) is 20.6 Å². The van der Waals surface area contributed by atoms with Crippen molar-refractivity contribution < 1.29 is 0 Å². The van der Waals surface area contributed by atoms with Gasteiger partial charge in [0.05, 0.1) is 10.7 Å². The highest BCUT2D eigenvalue weighted by Gasteiger charge is 2.21. The first kappa shape index (κ1) is 12.7. The number of para-hydroxylation sites is 1. The molecule has 0 atom stereocenters. The third-order valence-electron chi connectivity index (χ3n) is 3.58. The SMILES string of the molecule is CNCc1cccc(Cl)c1N(C)CC1CCC1. The van der Waals surface area contributed by atoms with E-state index < -0.39 is 0 Å². The van der Waals surface area contributed by atoms with Crippen molar-refractivity contribution in [2.24, 2.45) is 5.92 Å². The molecule has 3 heteroatoms. The molecule has 2 rings (SSSR count). The summed E-state index contributed by atoms with van der Waals surface area (Å²) in [6.07, 6.45) is 4.14. The van der Waals surface area contributed by atoms with E-state index >= 15 is 0 Å². The molecule has 1 saturated carbocycles. The summed E-state index contributed by atoms with van der Waals surface area (Å²) in [7, 11) is 4.12. The summed E-state index contributed by atoms with van der Waals surface area (Å²) in [6, 6.07) is 6.15. The lowest BCUT2D eigenvalue weighted by molar-refractivity contribution is 0.321. The summed E-state index contributed by atoms with van der Waals surface area (Å²) in [4.78, 5) is 2.32. The molecular weight excluding hydrogens is 232 g/mol. The summed E-state index contributed by atoms with van der Waals surface area (Å²) < 4.78 is 0. The molecule has 0 amide bonds. The van der Waals surface area contributed by atoms with Crippen LogP contribution in [0.15, 0.2) is 18.2 Å². The third-order valence-corrected chi connectivity index (χ3v) is 3.88. The fraction of sp³-hybridized carbons (Fsp3) is 0.571. The molecule has 1 aromatic rings. The quantitative estimate of drug-likeness (QED) is 0.865. The Bertz CT molecular complexity index is 374. The number of anilines is 1. The second kappa shape index (κ2) is 5.74. The first-order chi connectivity index (χ1) is 8.22. The third kappa shape index (κ3) is 2.93. The fourth-order valence-corrected chi connectivity index (χ4v) is 2.81. The smallest absolute Gasteiger partial charge is 0.0642 e. The summed E-state index contributed by atoms with van der Waals surface area (Å²) in [5.74, 6) is 0.860. The molecule has 2 nitrogen and oxygen atoms in total. The summed E-state index contributed by atoms with van der Waals surface area (Å²) in [6.45, 7) is 1.99. The van der Waals surface area contributed by atoms with Gasteiger partial charge in [-0.3, -0.25) is 0 Å². The minimum atomic E-state index is 0.860. The predicted octanol–water partition coefficient (Wildman–Crippen LogP) is 3.30. The van der Waals surface area contributed by atoms with Gasteiger partial charge < -0.3 is 10.2 Å². The molecule has 17 heavy (non-hydrogen) atoms. The standard InChI is InChI=1S/C14H21ClN2/c1-16-9-12-7-4-8-13(15)14(12)17(2)10-11-5-3-6-11/h4,7-8,11,16H,3,5-6,9-10H2,1-2H3. The normalized spacial score (nSPS) is 15.7. The van der Waals surface area contributed by atoms with Crippen molar-refractivity contribution in [2.75, 3.05) is 25.5 Å². The average molecular weight is 253 g/mol. The van der Waals surface area contributed by atoms with Gasteiger partial charge in [0, 0.05) is 20.1 Å². The second-order valence-electron chi connectivity index (χ2n) is 4.96. The van der Waals surface area contributed by atoms with Crippen molar-refractivity contribution in [1.29, 1.82) is 0 Å². The number of rotatable bonds is 5. The lowest BCUT2D eigenvalue weighted by atomic mass is 9.85. The number of benzene rings is 1. The highest BCUT2D eigenvalue weighted by atomic mass is 35.5. The van der Waals surface area contributed by atoms with Gasteiger partial charge in [-0.05, 0) is 37.4 Å². The molecule has 0 heterocycles. The van der Waals surface area contributed by atoms with Crippen LogP contribution >= 0.6 is 11.6 Å². The van der Waals surface area contributed by atoms with Gasteiger partial charge in [0.25, 0.3) is 0 Å². The Morgan fingerprint density at radius 1 is 1.41 bits per heavy atom. The molecule has 0 bridgehead atoms. The molecule has 0 saturated heterocycles. The molecule has 0 aliphatic heterocycles. The summed E-state index contributed by atoms with van der Waals surface area (Å²) >= 11 is 6.34. The van der Waals surface area contributed by atoms with Gasteiger partial charge in [-0.2, -0.15) is 0 Å². The van der Waals surface area contributed by atoms with Gasteiger partial charge in [0.1, 0.15) is 0 Å². The van der Waals surface area contributed by atoms with Crippen LogP contribution < -0.4 is 10.2 Å². The van der Waals surface area contributed by atoms with Gasteiger partial charge in [-0.25, -0.2) is 0 Å². The van der Waals surface area contributed by atoms with Crippen LogP contribution in [0.5, 0.6) is 0 Å². The Balaban J connectivity index is 2.15. The average Bonchev–Trinajstić information content (AvgIpc) is 2.24. The number of halogens is 1. The highest BCUT2D eigenvalue weighted by molar-refractivity contribution is 6.33. The second-order valence-corrected chi connectivity index (χ2v) is 5.36. The lowest BCUT2D eigenvalue weighted by Crippen LogP contribution is -2.30. The number of hydrogen-bond acceptors (Lipinski definition) is 2. The van der Waals surface area contributed by atoms with Crippen molar-refractivity contribution in [3.05, 3.63) is 28.8 Å². The van der Waals surface area contributed by atoms with Crippen LogP contribution in [0.2, 0.25) is 5.02 Å². The molecule has 0 aromatic heterocycles. The molecular formula is C14H21ClN2. The Hall–Kier alpha value is -0.730. The predicted molar refractivity (Wildman–Crippen MR) is 74.8 cm³/mol. The van der Waals surface area contributed by atoms with Gasteiger partial charge in [0.15, 0.2) is 0 Å². The Labute approximate surface area is 109 Å². The molecule has 0 unspecified atom stereocenters. The lowest BCUT2D eigenvalue weighted by Gasteiger charge is -2.32. The minimum absolute atomic E-state index is 0.860. The summed E-state index contributed by atoms with van der Waals surface area (Å²) in [5, 5.41) is 4.06. The Morgan fingerprint density at radius 3 is 2.76 bits per heavy atom. The van der Waals surface area contributed by atoms with E-state index in [-0.39, 0.29) is 0 Å². The Kier molecular flexibility index (Phi) is 4.30. The van der Waals surface area contributed by atoms with Crippen molar-refractivity contribution in [3.8, 4) is 0 Å². The molecule has 0 radical (unpaired) electrons. The molecule has 1 aliphatic rings. The molecule has 1 fully saturated rings. The zero-order valence-corrected chi connectivity index (χ0v) is 11.4. The van der Waals surface area contributed by atoms with E-state index in [1.165, 1.54) is 30.5 Å². The van der Waals surface area contributed by atoms with Crippen LogP contribution in [0.25, 0.3) is 0 Å². The van der Waals surface area contributed by atoms with Gasteiger partial charge in [0.2, 0.25) is 0 Å². The van der Waals surface area contributed by atoms with Gasteiger partial charge in [-0.1, -0.05) is 30.2 Å². The maximum absolute atomic E-state index is 6.34. The molecule has 1 aromatic carbocycles.